The van der Waals surface area contributed by atoms with Gasteiger partial charge in [0, 0.05) is 50.4 Å². The second-order valence-electron chi connectivity index (χ2n) is 8.96. The van der Waals surface area contributed by atoms with Gasteiger partial charge in [-0.1, -0.05) is 29.3 Å². The second-order valence-corrected chi connectivity index (χ2v) is 9.81. The van der Waals surface area contributed by atoms with Gasteiger partial charge in [-0.05, 0) is 66.6 Å². The van der Waals surface area contributed by atoms with Crippen LogP contribution in [-0.4, -0.2) is 15.9 Å². The SMILES string of the molecule is CC(NC(=O)c1ccc2c(c1)C(c1cnc3ccc(Cl)cc3c1)OC2)c1cc2c(Cl)c[nH]c2cc1F. The average molecular weight is 520 g/mol. The standard InChI is InChI=1S/C28H20Cl2FN3O2/c1-14(20-9-22-23(30)12-33-26(22)10-24(20)31)34-28(35)15-2-3-16-13-36-27(21(16)8-15)18-6-17-7-19(29)4-5-25(17)32-11-18/h2-12,14,27,33H,13H2,1H3,(H,34,35). The van der Waals surface area contributed by atoms with Gasteiger partial charge in [-0.15, -0.1) is 0 Å². The molecule has 1 aliphatic rings. The van der Waals surface area contributed by atoms with Crippen molar-refractivity contribution in [3.05, 3.63) is 111 Å². The first-order chi connectivity index (χ1) is 17.4. The lowest BCUT2D eigenvalue weighted by molar-refractivity contribution is 0.0930. The average Bonchev–Trinajstić information content (AvgIpc) is 3.45. The minimum atomic E-state index is -0.567. The number of pyridine rings is 1. The Bertz CT molecular complexity index is 1670. The van der Waals surface area contributed by atoms with Crippen LogP contribution in [0.2, 0.25) is 10.0 Å². The summed E-state index contributed by atoms with van der Waals surface area (Å²) in [6.07, 6.45) is 3.05. The molecule has 2 atom stereocenters. The number of carbonyl (C=O) groups is 1. The molecule has 180 valence electrons. The molecule has 0 spiro atoms. The molecule has 3 heterocycles. The Morgan fingerprint density at radius 2 is 2.03 bits per heavy atom. The second kappa shape index (κ2) is 8.89. The third-order valence-corrected chi connectivity index (χ3v) is 7.17. The molecule has 0 aliphatic carbocycles. The Hall–Kier alpha value is -3.45. The van der Waals surface area contributed by atoms with Gasteiger partial charge in [0.25, 0.3) is 5.91 Å². The first-order valence-electron chi connectivity index (χ1n) is 11.4. The third-order valence-electron chi connectivity index (χ3n) is 6.63. The van der Waals surface area contributed by atoms with Crippen LogP contribution in [0.1, 0.15) is 51.7 Å². The predicted octanol–water partition coefficient (Wildman–Crippen LogP) is 7.27. The minimum absolute atomic E-state index is 0.306. The number of halogens is 3. The molecule has 5 aromatic rings. The first-order valence-corrected chi connectivity index (χ1v) is 12.2. The maximum atomic E-state index is 14.7. The van der Waals surface area contributed by atoms with Crippen LogP contribution in [0.25, 0.3) is 21.8 Å². The van der Waals surface area contributed by atoms with Crippen LogP contribution in [0, 0.1) is 5.82 Å². The van der Waals surface area contributed by atoms with Crippen LogP contribution >= 0.6 is 23.2 Å². The molecule has 1 amide bonds. The monoisotopic (exact) mass is 519 g/mol. The van der Waals surface area contributed by atoms with Gasteiger partial charge in [0.1, 0.15) is 11.9 Å². The fraction of sp³-hybridized carbons (Fsp3) is 0.143. The highest BCUT2D eigenvalue weighted by molar-refractivity contribution is 6.35. The molecule has 2 N–H and O–H groups in total. The van der Waals surface area contributed by atoms with Gasteiger partial charge in [0.2, 0.25) is 0 Å². The van der Waals surface area contributed by atoms with Crippen LogP contribution < -0.4 is 5.32 Å². The molecule has 0 bridgehead atoms. The van der Waals surface area contributed by atoms with Crippen molar-refractivity contribution in [2.75, 3.05) is 0 Å². The van der Waals surface area contributed by atoms with E-state index in [0.717, 1.165) is 27.6 Å². The van der Waals surface area contributed by atoms with Gasteiger partial charge >= 0.3 is 0 Å². The molecule has 8 heteroatoms. The summed E-state index contributed by atoms with van der Waals surface area (Å²) in [6, 6.07) is 15.5. The molecule has 0 saturated heterocycles. The Balaban J connectivity index is 1.27. The van der Waals surface area contributed by atoms with E-state index in [9.17, 15) is 9.18 Å². The van der Waals surface area contributed by atoms with Crippen molar-refractivity contribution in [1.29, 1.82) is 0 Å². The highest BCUT2D eigenvalue weighted by Crippen LogP contribution is 2.37. The number of fused-ring (bicyclic) bond motifs is 3. The van der Waals surface area contributed by atoms with Crippen molar-refractivity contribution in [3.8, 4) is 0 Å². The number of aromatic amines is 1. The zero-order chi connectivity index (χ0) is 25.0. The van der Waals surface area contributed by atoms with E-state index in [1.807, 2.05) is 30.3 Å². The predicted molar refractivity (Wildman–Crippen MR) is 139 cm³/mol. The number of carbonyl (C=O) groups excluding carboxylic acids is 1. The van der Waals surface area contributed by atoms with Crippen LogP contribution in [0.5, 0.6) is 0 Å². The topological polar surface area (TPSA) is 67.0 Å². The lowest BCUT2D eigenvalue weighted by atomic mass is 9.97. The fourth-order valence-corrected chi connectivity index (χ4v) is 5.12. The van der Waals surface area contributed by atoms with Gasteiger partial charge in [0.05, 0.1) is 23.2 Å². The molecule has 5 nitrogen and oxygen atoms in total. The molecule has 1 aliphatic heterocycles. The number of nitrogens with zero attached hydrogens (tertiary/aromatic N) is 1. The molecule has 2 unspecified atom stereocenters. The molecule has 2 aromatic heterocycles. The number of nitrogens with one attached hydrogen (secondary N) is 2. The maximum Gasteiger partial charge on any atom is 0.251 e. The number of amides is 1. The number of hydrogen-bond acceptors (Lipinski definition) is 3. The van der Waals surface area contributed by atoms with Crippen LogP contribution in [0.3, 0.4) is 0 Å². The number of aromatic nitrogens is 2. The maximum absolute atomic E-state index is 14.7. The Morgan fingerprint density at radius 3 is 2.89 bits per heavy atom. The molecular formula is C28H20Cl2FN3O2. The number of H-pyrrole nitrogens is 1. The van der Waals surface area contributed by atoms with Gasteiger partial charge in [-0.3, -0.25) is 9.78 Å². The molecule has 0 radical (unpaired) electrons. The lowest BCUT2D eigenvalue weighted by Gasteiger charge is -2.17. The van der Waals surface area contributed by atoms with Gasteiger partial charge in [-0.25, -0.2) is 4.39 Å². The summed E-state index contributed by atoms with van der Waals surface area (Å²) >= 11 is 12.4. The van der Waals surface area contributed by atoms with Gasteiger partial charge < -0.3 is 15.0 Å². The summed E-state index contributed by atoms with van der Waals surface area (Å²) in [7, 11) is 0. The van der Waals surface area contributed by atoms with Crippen LogP contribution in [0.4, 0.5) is 4.39 Å². The summed E-state index contributed by atoms with van der Waals surface area (Å²) in [5, 5.41) is 5.66. The first kappa shape index (κ1) is 23.0. The van der Waals surface area contributed by atoms with Gasteiger partial charge in [-0.2, -0.15) is 0 Å². The van der Waals surface area contributed by atoms with Gasteiger partial charge in [0.15, 0.2) is 0 Å². The highest BCUT2D eigenvalue weighted by Gasteiger charge is 2.27. The summed E-state index contributed by atoms with van der Waals surface area (Å²) in [5.74, 6) is -0.723. The normalized spacial score (nSPS) is 15.8. The van der Waals surface area contributed by atoms with E-state index in [1.54, 1.807) is 37.5 Å². The number of benzene rings is 3. The highest BCUT2D eigenvalue weighted by atomic mass is 35.5. The number of hydrogen-bond donors (Lipinski definition) is 2. The van der Waals surface area contributed by atoms with Crippen molar-refractivity contribution in [2.45, 2.75) is 25.7 Å². The van der Waals surface area contributed by atoms with Crippen LogP contribution in [-0.2, 0) is 11.3 Å². The molecule has 3 aromatic carbocycles. The molecule has 36 heavy (non-hydrogen) atoms. The van der Waals surface area contributed by atoms with E-state index in [0.29, 0.717) is 38.7 Å². The Kier molecular flexibility index (Phi) is 5.67. The van der Waals surface area contributed by atoms with Crippen molar-refractivity contribution < 1.29 is 13.9 Å². The summed E-state index contributed by atoms with van der Waals surface area (Å²) in [5.41, 5.74) is 5.08. The lowest BCUT2D eigenvalue weighted by Crippen LogP contribution is -2.27. The Labute approximate surface area is 216 Å². The quantitative estimate of drug-likeness (QED) is 0.262. The van der Waals surface area contributed by atoms with Crippen molar-refractivity contribution >= 4 is 50.9 Å². The zero-order valence-corrected chi connectivity index (χ0v) is 20.6. The van der Waals surface area contributed by atoms with E-state index in [2.05, 4.69) is 15.3 Å². The van der Waals surface area contributed by atoms with E-state index >= 15 is 0 Å². The zero-order valence-electron chi connectivity index (χ0n) is 19.1. The summed E-state index contributed by atoms with van der Waals surface area (Å²) in [4.78, 5) is 20.6. The third kappa shape index (κ3) is 4.01. The van der Waals surface area contributed by atoms with Crippen molar-refractivity contribution in [1.82, 2.24) is 15.3 Å². The molecule has 0 saturated carbocycles. The fourth-order valence-electron chi connectivity index (χ4n) is 4.73. The minimum Gasteiger partial charge on any atom is -0.364 e. The summed E-state index contributed by atoms with van der Waals surface area (Å²) in [6.45, 7) is 2.18. The number of ether oxygens (including phenoxy) is 1. The van der Waals surface area contributed by atoms with Crippen LogP contribution in [0.15, 0.2) is 67.0 Å². The Morgan fingerprint density at radius 1 is 1.17 bits per heavy atom. The molecule has 6 rings (SSSR count). The largest absolute Gasteiger partial charge is 0.364 e. The van der Waals surface area contributed by atoms with Crippen molar-refractivity contribution in [2.24, 2.45) is 0 Å². The smallest absolute Gasteiger partial charge is 0.251 e. The van der Waals surface area contributed by atoms with E-state index in [1.165, 1.54) is 6.07 Å². The van der Waals surface area contributed by atoms with Crippen molar-refractivity contribution in [3.63, 3.8) is 0 Å². The molecular weight excluding hydrogens is 500 g/mol. The van der Waals surface area contributed by atoms with E-state index in [4.69, 9.17) is 27.9 Å². The molecule has 0 fully saturated rings. The number of rotatable bonds is 4. The summed E-state index contributed by atoms with van der Waals surface area (Å²) < 4.78 is 20.8. The van der Waals surface area contributed by atoms with E-state index in [-0.39, 0.29) is 12.0 Å². The van der Waals surface area contributed by atoms with E-state index < -0.39 is 11.9 Å².